The maximum Gasteiger partial charge on any atom is 0.0337 e. The number of rotatable bonds is 3. The largest absolute Gasteiger partial charge is 0.388 e. The van der Waals surface area contributed by atoms with Crippen LogP contribution in [-0.2, 0) is 0 Å². The van der Waals surface area contributed by atoms with Crippen molar-refractivity contribution in [2.45, 2.75) is 0 Å². The minimum absolute atomic E-state index is 1.13. The molecule has 0 radical (unpaired) electrons. The fourth-order valence-corrected chi connectivity index (χ4v) is 2.32. The van der Waals surface area contributed by atoms with Crippen LogP contribution in [0.5, 0.6) is 0 Å². The maximum atomic E-state index is 3.14. The lowest BCUT2D eigenvalue weighted by Crippen LogP contribution is -1.87. The third kappa shape index (κ3) is 2.57. The summed E-state index contributed by atoms with van der Waals surface area (Å²) in [6.07, 6.45) is 0. The first-order valence-electron chi connectivity index (χ1n) is 6.80. The third-order valence-corrected chi connectivity index (χ3v) is 3.50. The van der Waals surface area contributed by atoms with Gasteiger partial charge in [-0.1, -0.05) is 66.7 Å². The van der Waals surface area contributed by atoms with Gasteiger partial charge in [0, 0.05) is 12.7 Å². The molecule has 3 rings (SSSR count). The van der Waals surface area contributed by atoms with Gasteiger partial charge in [-0.25, -0.2) is 0 Å². The molecule has 0 aliphatic rings. The minimum atomic E-state index is 1.13. The van der Waals surface area contributed by atoms with Gasteiger partial charge in [0.25, 0.3) is 0 Å². The van der Waals surface area contributed by atoms with E-state index in [0.29, 0.717) is 0 Å². The molecule has 0 amide bonds. The minimum Gasteiger partial charge on any atom is -0.388 e. The SMILES string of the molecule is CNc1ccc(-c2ccc(-c3ccccc3)cc2)cc1. The van der Waals surface area contributed by atoms with Gasteiger partial charge in [0.15, 0.2) is 0 Å². The average Bonchev–Trinajstić information content (AvgIpc) is 2.56. The topological polar surface area (TPSA) is 12.0 Å². The van der Waals surface area contributed by atoms with Gasteiger partial charge in [-0.3, -0.25) is 0 Å². The van der Waals surface area contributed by atoms with Crippen molar-refractivity contribution in [3.05, 3.63) is 78.9 Å². The van der Waals surface area contributed by atoms with Crippen molar-refractivity contribution in [2.24, 2.45) is 0 Å². The zero-order chi connectivity index (χ0) is 13.8. The zero-order valence-electron chi connectivity index (χ0n) is 11.5. The highest BCUT2D eigenvalue weighted by Crippen LogP contribution is 2.25. The molecule has 0 saturated heterocycles. The second-order valence-electron chi connectivity index (χ2n) is 4.77. The van der Waals surface area contributed by atoms with Gasteiger partial charge in [-0.05, 0) is 34.4 Å². The van der Waals surface area contributed by atoms with Gasteiger partial charge < -0.3 is 5.32 Å². The van der Waals surface area contributed by atoms with Crippen molar-refractivity contribution >= 4 is 5.69 Å². The lowest BCUT2D eigenvalue weighted by Gasteiger charge is -2.06. The summed E-state index contributed by atoms with van der Waals surface area (Å²) in [5.41, 5.74) is 6.12. The van der Waals surface area contributed by atoms with Crippen molar-refractivity contribution in [2.75, 3.05) is 12.4 Å². The third-order valence-electron chi connectivity index (χ3n) is 3.50. The molecule has 3 aromatic rings. The van der Waals surface area contributed by atoms with E-state index in [4.69, 9.17) is 0 Å². The van der Waals surface area contributed by atoms with Crippen LogP contribution >= 0.6 is 0 Å². The van der Waals surface area contributed by atoms with Crippen LogP contribution in [-0.4, -0.2) is 7.05 Å². The molecule has 1 N–H and O–H groups in total. The molecule has 1 nitrogen and oxygen atoms in total. The molecule has 0 fully saturated rings. The second-order valence-corrected chi connectivity index (χ2v) is 4.77. The van der Waals surface area contributed by atoms with Crippen LogP contribution in [0.4, 0.5) is 5.69 Å². The smallest absolute Gasteiger partial charge is 0.0337 e. The van der Waals surface area contributed by atoms with Crippen LogP contribution in [0, 0.1) is 0 Å². The number of hydrogen-bond donors (Lipinski definition) is 1. The number of hydrogen-bond acceptors (Lipinski definition) is 1. The first kappa shape index (κ1) is 12.5. The Morgan fingerprint density at radius 3 is 1.35 bits per heavy atom. The van der Waals surface area contributed by atoms with Crippen LogP contribution in [0.25, 0.3) is 22.3 Å². The Bertz CT molecular complexity index is 667. The molecule has 1 heteroatoms. The van der Waals surface area contributed by atoms with E-state index < -0.39 is 0 Å². The highest BCUT2D eigenvalue weighted by Gasteiger charge is 2.00. The molecule has 0 atom stereocenters. The van der Waals surface area contributed by atoms with E-state index >= 15 is 0 Å². The lowest BCUT2D eigenvalue weighted by molar-refractivity contribution is 1.51. The van der Waals surface area contributed by atoms with E-state index in [1.54, 1.807) is 0 Å². The average molecular weight is 259 g/mol. The van der Waals surface area contributed by atoms with E-state index in [2.05, 4.69) is 78.1 Å². The molecule has 0 aliphatic carbocycles. The molecule has 0 aliphatic heterocycles. The fourth-order valence-electron chi connectivity index (χ4n) is 2.32. The molecule has 0 bridgehead atoms. The molecule has 0 spiro atoms. The van der Waals surface area contributed by atoms with Crippen LogP contribution in [0.2, 0.25) is 0 Å². The van der Waals surface area contributed by atoms with E-state index in [0.717, 1.165) is 5.69 Å². The number of benzene rings is 3. The maximum absolute atomic E-state index is 3.14. The Balaban J connectivity index is 1.89. The van der Waals surface area contributed by atoms with Crippen molar-refractivity contribution < 1.29 is 0 Å². The lowest BCUT2D eigenvalue weighted by atomic mass is 10.0. The second kappa shape index (κ2) is 5.62. The van der Waals surface area contributed by atoms with E-state index in [1.165, 1.54) is 22.3 Å². The van der Waals surface area contributed by atoms with E-state index in [-0.39, 0.29) is 0 Å². The predicted octanol–water partition coefficient (Wildman–Crippen LogP) is 5.06. The summed E-state index contributed by atoms with van der Waals surface area (Å²) in [4.78, 5) is 0. The number of anilines is 1. The zero-order valence-corrected chi connectivity index (χ0v) is 11.5. The summed E-state index contributed by atoms with van der Waals surface area (Å²) < 4.78 is 0. The van der Waals surface area contributed by atoms with Crippen LogP contribution < -0.4 is 5.32 Å². The van der Waals surface area contributed by atoms with Gasteiger partial charge in [0.1, 0.15) is 0 Å². The quantitative estimate of drug-likeness (QED) is 0.693. The van der Waals surface area contributed by atoms with Crippen molar-refractivity contribution in [3.8, 4) is 22.3 Å². The molecular weight excluding hydrogens is 242 g/mol. The highest BCUT2D eigenvalue weighted by atomic mass is 14.8. The Labute approximate surface area is 119 Å². The first-order valence-corrected chi connectivity index (χ1v) is 6.80. The molecule has 0 heterocycles. The van der Waals surface area contributed by atoms with Crippen LogP contribution in [0.1, 0.15) is 0 Å². The molecular formula is C19H17N. The van der Waals surface area contributed by atoms with E-state index in [9.17, 15) is 0 Å². The van der Waals surface area contributed by atoms with Crippen LogP contribution in [0.3, 0.4) is 0 Å². The summed E-state index contributed by atoms with van der Waals surface area (Å²) in [7, 11) is 1.93. The first-order chi connectivity index (χ1) is 9.86. The molecule has 98 valence electrons. The summed E-state index contributed by atoms with van der Waals surface area (Å²) in [6.45, 7) is 0. The fraction of sp³-hybridized carbons (Fsp3) is 0.0526. The summed E-state index contributed by atoms with van der Waals surface area (Å²) in [5.74, 6) is 0. The van der Waals surface area contributed by atoms with E-state index in [1.807, 2.05) is 13.1 Å². The van der Waals surface area contributed by atoms with Gasteiger partial charge in [-0.2, -0.15) is 0 Å². The summed E-state index contributed by atoms with van der Waals surface area (Å²) >= 11 is 0. The predicted molar refractivity (Wildman–Crippen MR) is 86.9 cm³/mol. The van der Waals surface area contributed by atoms with Gasteiger partial charge in [-0.15, -0.1) is 0 Å². The van der Waals surface area contributed by atoms with Crippen molar-refractivity contribution in [1.82, 2.24) is 0 Å². The molecule has 0 saturated carbocycles. The van der Waals surface area contributed by atoms with Crippen molar-refractivity contribution in [3.63, 3.8) is 0 Å². The Kier molecular flexibility index (Phi) is 3.51. The molecule has 0 aromatic heterocycles. The molecule has 20 heavy (non-hydrogen) atoms. The number of nitrogens with one attached hydrogen (secondary N) is 1. The normalized spacial score (nSPS) is 10.2. The van der Waals surface area contributed by atoms with Crippen molar-refractivity contribution in [1.29, 1.82) is 0 Å². The van der Waals surface area contributed by atoms with Gasteiger partial charge in [0.05, 0.1) is 0 Å². The molecule has 0 unspecified atom stereocenters. The summed E-state index contributed by atoms with van der Waals surface area (Å²) in [5, 5.41) is 3.14. The Morgan fingerprint density at radius 1 is 0.500 bits per heavy atom. The monoisotopic (exact) mass is 259 g/mol. The standard InChI is InChI=1S/C19H17N/c1-20-19-13-11-18(12-14-19)17-9-7-16(8-10-17)15-5-3-2-4-6-15/h2-14,20H,1H3. The summed E-state index contributed by atoms with van der Waals surface area (Å²) in [6, 6.07) is 27.6. The Hall–Kier alpha value is -2.54. The highest BCUT2D eigenvalue weighted by molar-refractivity contribution is 5.71. The van der Waals surface area contributed by atoms with Crippen LogP contribution in [0.15, 0.2) is 78.9 Å². The molecule has 3 aromatic carbocycles. The van der Waals surface area contributed by atoms with Gasteiger partial charge >= 0.3 is 0 Å². The van der Waals surface area contributed by atoms with Gasteiger partial charge in [0.2, 0.25) is 0 Å². The Morgan fingerprint density at radius 2 is 0.900 bits per heavy atom.